The van der Waals surface area contributed by atoms with E-state index in [1.165, 1.54) is 0 Å². The first-order valence-corrected chi connectivity index (χ1v) is 9.58. The van der Waals surface area contributed by atoms with E-state index in [9.17, 15) is 0 Å². The highest BCUT2D eigenvalue weighted by atomic mass is 35.5. The van der Waals surface area contributed by atoms with Crippen LogP contribution in [0.15, 0.2) is 42.5 Å². The van der Waals surface area contributed by atoms with Gasteiger partial charge < -0.3 is 15.0 Å². The quantitative estimate of drug-likeness (QED) is 0.693. The van der Waals surface area contributed by atoms with Gasteiger partial charge >= 0.3 is 0 Å². The molecule has 0 bridgehead atoms. The predicted molar refractivity (Wildman–Crippen MR) is 108 cm³/mol. The first-order chi connectivity index (χ1) is 11.6. The summed E-state index contributed by atoms with van der Waals surface area (Å²) in [5.41, 5.74) is 1.96. The van der Waals surface area contributed by atoms with Crippen LogP contribution in [0.5, 0.6) is 5.75 Å². The third kappa shape index (κ3) is 3.91. The van der Waals surface area contributed by atoms with Crippen molar-refractivity contribution in [2.75, 3.05) is 24.7 Å². The Kier molecular flexibility index (Phi) is 5.76. The molecule has 126 valence electrons. The van der Waals surface area contributed by atoms with Gasteiger partial charge in [0.2, 0.25) is 0 Å². The molecule has 0 radical (unpaired) electrons. The van der Waals surface area contributed by atoms with Gasteiger partial charge in [0.25, 0.3) is 0 Å². The van der Waals surface area contributed by atoms with Crippen LogP contribution in [0.1, 0.15) is 10.9 Å². The molecule has 0 spiro atoms. The predicted octanol–water partition coefficient (Wildman–Crippen LogP) is 5.45. The van der Waals surface area contributed by atoms with Gasteiger partial charge in [0, 0.05) is 33.6 Å². The highest BCUT2D eigenvalue weighted by Crippen LogP contribution is 2.41. The number of rotatable bonds is 3. The van der Waals surface area contributed by atoms with E-state index in [0.29, 0.717) is 15.2 Å². The third-order valence-corrected chi connectivity index (χ3v) is 5.86. The van der Waals surface area contributed by atoms with E-state index in [1.807, 2.05) is 48.2 Å². The molecule has 3 rings (SSSR count). The van der Waals surface area contributed by atoms with E-state index >= 15 is 0 Å². The zero-order valence-electron chi connectivity index (χ0n) is 13.0. The van der Waals surface area contributed by atoms with E-state index in [0.717, 1.165) is 29.3 Å². The normalized spacial score (nSPS) is 17.0. The molecule has 0 aromatic heterocycles. The molecule has 0 amide bonds. The monoisotopic (exact) mass is 398 g/mol. The van der Waals surface area contributed by atoms with Crippen molar-refractivity contribution < 1.29 is 4.74 Å². The van der Waals surface area contributed by atoms with E-state index < -0.39 is 0 Å². The van der Waals surface area contributed by atoms with Gasteiger partial charge in [-0.1, -0.05) is 29.3 Å². The second kappa shape index (κ2) is 7.83. The van der Waals surface area contributed by atoms with E-state index in [-0.39, 0.29) is 5.37 Å². The van der Waals surface area contributed by atoms with Gasteiger partial charge in [0.05, 0.1) is 7.11 Å². The standard InChI is InChI=1S/C17H16Cl2N2OS2/c1-22-13-5-3-12(4-6-13)20-17(23)21-8-9-24-16(21)14-7-2-11(18)10-15(14)19/h2-7,10,16H,8-9H2,1H3,(H,20,23). The fraction of sp³-hybridized carbons (Fsp3) is 0.235. The van der Waals surface area contributed by atoms with Crippen LogP contribution in [0.4, 0.5) is 5.69 Å². The third-order valence-electron chi connectivity index (χ3n) is 3.72. The van der Waals surface area contributed by atoms with Gasteiger partial charge in [-0.2, -0.15) is 0 Å². The Morgan fingerprint density at radius 3 is 2.67 bits per heavy atom. The number of nitrogens with one attached hydrogen (secondary N) is 1. The minimum absolute atomic E-state index is 0.0908. The first-order valence-electron chi connectivity index (χ1n) is 7.36. The molecule has 2 aromatic carbocycles. The van der Waals surface area contributed by atoms with E-state index in [4.69, 9.17) is 40.2 Å². The van der Waals surface area contributed by atoms with E-state index in [1.54, 1.807) is 13.2 Å². The average Bonchev–Trinajstić information content (AvgIpc) is 3.05. The van der Waals surface area contributed by atoms with Crippen LogP contribution in [0, 0.1) is 0 Å². The van der Waals surface area contributed by atoms with Crippen molar-refractivity contribution in [3.63, 3.8) is 0 Å². The summed E-state index contributed by atoms with van der Waals surface area (Å²) in [5.74, 6) is 1.81. The lowest BCUT2D eigenvalue weighted by Gasteiger charge is -2.27. The summed E-state index contributed by atoms with van der Waals surface area (Å²) in [4.78, 5) is 2.15. The SMILES string of the molecule is COc1ccc(NC(=S)N2CCSC2c2ccc(Cl)cc2Cl)cc1. The maximum absolute atomic E-state index is 6.37. The Hall–Kier alpha value is -1.14. The second-order valence-electron chi connectivity index (χ2n) is 5.24. The summed E-state index contributed by atoms with van der Waals surface area (Å²) >= 11 is 19.8. The smallest absolute Gasteiger partial charge is 0.174 e. The fourth-order valence-corrected chi connectivity index (χ4v) is 4.77. The molecular weight excluding hydrogens is 383 g/mol. The summed E-state index contributed by atoms with van der Waals surface area (Å²) in [5, 5.41) is 5.36. The van der Waals surface area contributed by atoms with Crippen LogP contribution in [0.3, 0.4) is 0 Å². The van der Waals surface area contributed by atoms with Crippen LogP contribution in [-0.4, -0.2) is 29.4 Å². The average molecular weight is 399 g/mol. The first kappa shape index (κ1) is 17.7. The summed E-state index contributed by atoms with van der Waals surface area (Å²) < 4.78 is 5.17. The van der Waals surface area contributed by atoms with Crippen molar-refractivity contribution in [1.29, 1.82) is 0 Å². The maximum Gasteiger partial charge on any atom is 0.174 e. The van der Waals surface area contributed by atoms with Crippen LogP contribution >= 0.6 is 47.2 Å². The molecule has 1 saturated heterocycles. The molecule has 1 unspecified atom stereocenters. The molecule has 24 heavy (non-hydrogen) atoms. The second-order valence-corrected chi connectivity index (χ2v) is 7.66. The lowest BCUT2D eigenvalue weighted by atomic mass is 10.2. The lowest BCUT2D eigenvalue weighted by Crippen LogP contribution is -2.34. The number of nitrogens with zero attached hydrogens (tertiary/aromatic N) is 1. The molecule has 1 fully saturated rings. The zero-order valence-corrected chi connectivity index (χ0v) is 16.1. The number of halogens is 2. The number of thiocarbonyl (C=S) groups is 1. The topological polar surface area (TPSA) is 24.5 Å². The van der Waals surface area contributed by atoms with Gasteiger partial charge in [-0.05, 0) is 48.6 Å². The van der Waals surface area contributed by atoms with Crippen molar-refractivity contribution in [3.05, 3.63) is 58.1 Å². The summed E-state index contributed by atoms with van der Waals surface area (Å²) in [6.07, 6.45) is 0. The zero-order chi connectivity index (χ0) is 17.1. The van der Waals surface area contributed by atoms with Crippen LogP contribution < -0.4 is 10.1 Å². The van der Waals surface area contributed by atoms with Gasteiger partial charge in [-0.3, -0.25) is 0 Å². The number of benzene rings is 2. The van der Waals surface area contributed by atoms with Crippen LogP contribution in [0.25, 0.3) is 0 Å². The maximum atomic E-state index is 6.37. The minimum atomic E-state index is 0.0908. The van der Waals surface area contributed by atoms with Crippen molar-refractivity contribution in [2.45, 2.75) is 5.37 Å². The summed E-state index contributed by atoms with van der Waals surface area (Å²) in [6, 6.07) is 13.3. The highest BCUT2D eigenvalue weighted by molar-refractivity contribution is 7.99. The number of anilines is 1. The Balaban J connectivity index is 1.75. The summed E-state index contributed by atoms with van der Waals surface area (Å²) in [7, 11) is 1.65. The van der Waals surface area contributed by atoms with E-state index in [2.05, 4.69) is 10.2 Å². The lowest BCUT2D eigenvalue weighted by molar-refractivity contribution is 0.415. The number of hydrogen-bond acceptors (Lipinski definition) is 3. The molecule has 0 aliphatic carbocycles. The van der Waals surface area contributed by atoms with Crippen LogP contribution in [0.2, 0.25) is 10.0 Å². The molecule has 1 atom stereocenters. The number of thioether (sulfide) groups is 1. The Morgan fingerprint density at radius 1 is 1.25 bits per heavy atom. The molecule has 7 heteroatoms. The molecule has 2 aromatic rings. The Bertz CT molecular complexity index is 740. The Morgan fingerprint density at radius 2 is 2.00 bits per heavy atom. The van der Waals surface area contributed by atoms with Gasteiger partial charge in [0.1, 0.15) is 11.1 Å². The molecule has 3 nitrogen and oxygen atoms in total. The van der Waals surface area contributed by atoms with Gasteiger partial charge in [0.15, 0.2) is 5.11 Å². The number of hydrogen-bond donors (Lipinski definition) is 1. The van der Waals surface area contributed by atoms with Crippen LogP contribution in [-0.2, 0) is 0 Å². The number of methoxy groups -OCH3 is 1. The van der Waals surface area contributed by atoms with Gasteiger partial charge in [-0.25, -0.2) is 0 Å². The van der Waals surface area contributed by atoms with Crippen molar-refractivity contribution in [1.82, 2.24) is 4.90 Å². The largest absolute Gasteiger partial charge is 0.497 e. The molecule has 1 heterocycles. The fourth-order valence-electron chi connectivity index (χ4n) is 2.51. The molecular formula is C17H16Cl2N2OS2. The van der Waals surface area contributed by atoms with Gasteiger partial charge in [-0.15, -0.1) is 11.8 Å². The molecule has 1 aliphatic rings. The minimum Gasteiger partial charge on any atom is -0.497 e. The van der Waals surface area contributed by atoms with Crippen molar-refractivity contribution in [2.24, 2.45) is 0 Å². The Labute approximate surface area is 161 Å². The number of ether oxygens (including phenoxy) is 1. The van der Waals surface area contributed by atoms with Crippen molar-refractivity contribution in [3.8, 4) is 5.75 Å². The highest BCUT2D eigenvalue weighted by Gasteiger charge is 2.30. The molecule has 1 aliphatic heterocycles. The summed E-state index contributed by atoms with van der Waals surface area (Å²) in [6.45, 7) is 0.871. The molecule has 1 N–H and O–H groups in total. The molecule has 0 saturated carbocycles. The van der Waals surface area contributed by atoms with Crippen molar-refractivity contribution >= 4 is 58.0 Å².